The molecular formula is C18H16FN3O3S2. The second-order valence-electron chi connectivity index (χ2n) is 5.48. The van der Waals surface area contributed by atoms with Crippen LogP contribution in [0.4, 0.5) is 9.52 Å². The number of carbonyl (C=O) groups excluding carboxylic acids is 2. The van der Waals surface area contributed by atoms with Gasteiger partial charge in [-0.05, 0) is 24.3 Å². The van der Waals surface area contributed by atoms with Crippen molar-refractivity contribution < 1.29 is 18.4 Å². The summed E-state index contributed by atoms with van der Waals surface area (Å²) in [4.78, 5) is 27.7. The summed E-state index contributed by atoms with van der Waals surface area (Å²) >= 11 is 2.39. The van der Waals surface area contributed by atoms with Crippen LogP contribution in [0.5, 0.6) is 0 Å². The molecule has 140 valence electrons. The number of hydrogen-bond acceptors (Lipinski definition) is 6. The van der Waals surface area contributed by atoms with Gasteiger partial charge in [-0.15, -0.1) is 23.1 Å². The highest BCUT2D eigenvalue weighted by Crippen LogP contribution is 2.27. The van der Waals surface area contributed by atoms with Gasteiger partial charge < -0.3 is 15.1 Å². The summed E-state index contributed by atoms with van der Waals surface area (Å²) < 4.78 is 19.2. The highest BCUT2D eigenvalue weighted by molar-refractivity contribution is 8.00. The van der Waals surface area contributed by atoms with E-state index in [1.165, 1.54) is 24.3 Å². The molecule has 0 radical (unpaired) electrons. The lowest BCUT2D eigenvalue weighted by Gasteiger charge is -2.03. The fourth-order valence-corrected chi connectivity index (χ4v) is 3.58. The van der Waals surface area contributed by atoms with E-state index in [2.05, 4.69) is 15.6 Å². The number of amides is 2. The van der Waals surface area contributed by atoms with Gasteiger partial charge in [0.2, 0.25) is 11.8 Å². The van der Waals surface area contributed by atoms with Crippen LogP contribution in [-0.4, -0.2) is 22.6 Å². The summed E-state index contributed by atoms with van der Waals surface area (Å²) in [6.45, 7) is 1.74. The third-order valence-corrected chi connectivity index (χ3v) is 5.18. The van der Waals surface area contributed by atoms with E-state index in [4.69, 9.17) is 4.42 Å². The van der Waals surface area contributed by atoms with Crippen molar-refractivity contribution in [3.05, 3.63) is 53.4 Å². The zero-order valence-electron chi connectivity index (χ0n) is 14.3. The summed E-state index contributed by atoms with van der Waals surface area (Å²) in [6.07, 6.45) is 0. The first-order chi connectivity index (χ1) is 13.0. The Labute approximate surface area is 163 Å². The van der Waals surface area contributed by atoms with Crippen LogP contribution in [0.1, 0.15) is 12.7 Å². The first-order valence-electron chi connectivity index (χ1n) is 7.97. The van der Waals surface area contributed by atoms with Crippen molar-refractivity contribution in [2.75, 3.05) is 11.1 Å². The maximum Gasteiger partial charge on any atom is 0.236 e. The van der Waals surface area contributed by atoms with Gasteiger partial charge in [0.05, 0.1) is 12.3 Å². The molecule has 0 aliphatic heterocycles. The molecule has 3 aromatic rings. The van der Waals surface area contributed by atoms with E-state index < -0.39 is 0 Å². The van der Waals surface area contributed by atoms with Gasteiger partial charge in [0.1, 0.15) is 17.3 Å². The number of thiazole rings is 1. The van der Waals surface area contributed by atoms with Crippen LogP contribution in [0.2, 0.25) is 0 Å². The van der Waals surface area contributed by atoms with Gasteiger partial charge in [0.25, 0.3) is 0 Å². The second kappa shape index (κ2) is 8.83. The van der Waals surface area contributed by atoms with Crippen molar-refractivity contribution in [1.29, 1.82) is 0 Å². The minimum absolute atomic E-state index is 0.0808. The van der Waals surface area contributed by atoms with Gasteiger partial charge in [-0.3, -0.25) is 9.59 Å². The minimum Gasteiger partial charge on any atom is -0.458 e. The number of aromatic nitrogens is 1. The summed E-state index contributed by atoms with van der Waals surface area (Å²) in [5.41, 5.74) is 0.589. The molecular weight excluding hydrogens is 389 g/mol. The van der Waals surface area contributed by atoms with Crippen molar-refractivity contribution in [3.8, 4) is 11.5 Å². The average Bonchev–Trinajstić information content (AvgIpc) is 3.28. The van der Waals surface area contributed by atoms with E-state index in [9.17, 15) is 14.0 Å². The average molecular weight is 405 g/mol. The molecule has 0 aliphatic rings. The lowest BCUT2D eigenvalue weighted by atomic mass is 10.3. The number of nitrogens with zero attached hydrogens (tertiary/aromatic N) is 1. The van der Waals surface area contributed by atoms with Gasteiger partial charge in [-0.2, -0.15) is 0 Å². The Bertz CT molecular complexity index is 955. The largest absolute Gasteiger partial charge is 0.458 e. The summed E-state index contributed by atoms with van der Waals surface area (Å²) in [7, 11) is 0. The molecule has 9 heteroatoms. The minimum atomic E-state index is -0.347. The summed E-state index contributed by atoms with van der Waals surface area (Å²) in [5.74, 6) is 0.486. The number of hydrogen-bond donors (Lipinski definition) is 2. The van der Waals surface area contributed by atoms with E-state index in [1.54, 1.807) is 35.7 Å². The van der Waals surface area contributed by atoms with E-state index in [0.717, 1.165) is 11.8 Å². The molecule has 0 atom stereocenters. The van der Waals surface area contributed by atoms with Gasteiger partial charge in [0.15, 0.2) is 10.9 Å². The Kier molecular flexibility index (Phi) is 6.25. The lowest BCUT2D eigenvalue weighted by Crippen LogP contribution is -2.18. The standard InChI is InChI=1S/C18H16FN3O3S2/c1-11(23)20-8-12-6-7-15(25-12)14-9-27-18(21-14)22-17(24)10-26-16-5-3-2-4-13(16)19/h2-7,9H,8,10H2,1H3,(H,20,23)(H,21,22,24). The van der Waals surface area contributed by atoms with Gasteiger partial charge in [-0.25, -0.2) is 9.37 Å². The first kappa shape index (κ1) is 19.1. The molecule has 3 rings (SSSR count). The monoisotopic (exact) mass is 405 g/mol. The number of carbonyl (C=O) groups is 2. The Morgan fingerprint density at radius 3 is 2.85 bits per heavy atom. The molecule has 27 heavy (non-hydrogen) atoms. The molecule has 0 bridgehead atoms. The summed E-state index contributed by atoms with van der Waals surface area (Å²) in [6, 6.07) is 9.83. The quantitative estimate of drug-likeness (QED) is 0.582. The number of furan rings is 1. The molecule has 1 aromatic carbocycles. The number of thioether (sulfide) groups is 1. The zero-order valence-corrected chi connectivity index (χ0v) is 16.0. The van der Waals surface area contributed by atoms with Crippen LogP contribution in [0.3, 0.4) is 0 Å². The highest BCUT2D eigenvalue weighted by Gasteiger charge is 2.12. The second-order valence-corrected chi connectivity index (χ2v) is 7.36. The third-order valence-electron chi connectivity index (χ3n) is 3.37. The van der Waals surface area contributed by atoms with Crippen molar-refractivity contribution in [2.24, 2.45) is 0 Å². The topological polar surface area (TPSA) is 84.2 Å². The molecule has 0 saturated carbocycles. The van der Waals surface area contributed by atoms with Crippen LogP contribution >= 0.6 is 23.1 Å². The summed E-state index contributed by atoms with van der Waals surface area (Å²) in [5, 5.41) is 7.55. The van der Waals surface area contributed by atoms with Gasteiger partial charge in [0, 0.05) is 17.2 Å². The van der Waals surface area contributed by atoms with Crippen molar-refractivity contribution in [2.45, 2.75) is 18.4 Å². The van der Waals surface area contributed by atoms with E-state index >= 15 is 0 Å². The number of nitrogens with one attached hydrogen (secondary N) is 2. The van der Waals surface area contributed by atoms with Crippen LogP contribution in [-0.2, 0) is 16.1 Å². The van der Waals surface area contributed by atoms with Gasteiger partial charge in [-0.1, -0.05) is 12.1 Å². The molecule has 0 saturated heterocycles. The smallest absolute Gasteiger partial charge is 0.236 e. The number of benzene rings is 1. The zero-order chi connectivity index (χ0) is 19.2. The predicted octanol–water partition coefficient (Wildman–Crippen LogP) is 3.91. The highest BCUT2D eigenvalue weighted by atomic mass is 32.2. The number of rotatable bonds is 7. The predicted molar refractivity (Wildman–Crippen MR) is 103 cm³/mol. The fraction of sp³-hybridized carbons (Fsp3) is 0.167. The molecule has 0 aliphatic carbocycles. The molecule has 0 spiro atoms. The van der Waals surface area contributed by atoms with Crippen LogP contribution in [0, 0.1) is 5.82 Å². The number of halogens is 1. The van der Waals surface area contributed by atoms with E-state index in [0.29, 0.717) is 33.8 Å². The third kappa shape index (κ3) is 5.41. The molecule has 2 heterocycles. The van der Waals surface area contributed by atoms with Gasteiger partial charge >= 0.3 is 0 Å². The first-order valence-corrected chi connectivity index (χ1v) is 9.84. The van der Waals surface area contributed by atoms with Crippen molar-refractivity contribution >= 4 is 40.0 Å². The molecule has 0 fully saturated rings. The molecule has 2 aromatic heterocycles. The fourth-order valence-electron chi connectivity index (χ4n) is 2.13. The lowest BCUT2D eigenvalue weighted by molar-refractivity contribution is -0.119. The Morgan fingerprint density at radius 1 is 1.26 bits per heavy atom. The Morgan fingerprint density at radius 2 is 2.07 bits per heavy atom. The van der Waals surface area contributed by atoms with Crippen LogP contribution < -0.4 is 10.6 Å². The molecule has 6 nitrogen and oxygen atoms in total. The molecule has 2 N–H and O–H groups in total. The maximum atomic E-state index is 13.6. The molecule has 0 unspecified atom stereocenters. The normalized spacial score (nSPS) is 10.6. The Hall–Kier alpha value is -2.65. The van der Waals surface area contributed by atoms with E-state index in [1.807, 2.05) is 0 Å². The Balaban J connectivity index is 1.55. The molecule has 2 amide bonds. The van der Waals surface area contributed by atoms with Crippen molar-refractivity contribution in [3.63, 3.8) is 0 Å². The maximum absolute atomic E-state index is 13.6. The van der Waals surface area contributed by atoms with E-state index in [-0.39, 0.29) is 23.4 Å². The SMILES string of the molecule is CC(=O)NCc1ccc(-c2csc(NC(=O)CSc3ccccc3F)n2)o1. The van der Waals surface area contributed by atoms with Crippen LogP contribution in [0.25, 0.3) is 11.5 Å². The van der Waals surface area contributed by atoms with Crippen molar-refractivity contribution in [1.82, 2.24) is 10.3 Å². The number of anilines is 1. The van der Waals surface area contributed by atoms with Crippen LogP contribution in [0.15, 0.2) is 51.1 Å².